The van der Waals surface area contributed by atoms with E-state index in [-0.39, 0.29) is 11.2 Å². The summed E-state index contributed by atoms with van der Waals surface area (Å²) in [4.78, 5) is 3.49. The third-order valence-electron chi connectivity index (χ3n) is 2.16. The first-order valence-corrected chi connectivity index (χ1v) is 4.41. The van der Waals surface area contributed by atoms with Crippen molar-refractivity contribution in [3.05, 3.63) is 30.0 Å². The molecule has 0 radical (unpaired) electrons. The summed E-state index contributed by atoms with van der Waals surface area (Å²) in [5.41, 5.74) is 10.7. The molecule has 0 fully saturated rings. The summed E-state index contributed by atoms with van der Waals surface area (Å²) in [5.74, 6) is 0. The Balaban J connectivity index is 2.74. The van der Waals surface area contributed by atoms with Gasteiger partial charge in [0.1, 0.15) is 5.69 Å². The molecular weight excluding hydrogens is 219 g/mol. The van der Waals surface area contributed by atoms with E-state index >= 15 is 0 Å². The summed E-state index contributed by atoms with van der Waals surface area (Å²) in [6, 6.07) is 5.20. The van der Waals surface area contributed by atoms with Crippen LogP contribution in [0.25, 0.3) is 10.9 Å². The van der Waals surface area contributed by atoms with Crippen molar-refractivity contribution in [3.8, 4) is 0 Å². The Kier molecular flexibility index (Phi) is 2.15. The molecule has 0 atom stereocenters. The summed E-state index contributed by atoms with van der Waals surface area (Å²) < 4.78 is 37.3. The van der Waals surface area contributed by atoms with Crippen molar-refractivity contribution < 1.29 is 13.2 Å². The van der Waals surface area contributed by atoms with E-state index in [2.05, 4.69) is 4.98 Å². The van der Waals surface area contributed by atoms with Crippen LogP contribution in [0, 0.1) is 0 Å². The van der Waals surface area contributed by atoms with E-state index in [9.17, 15) is 13.2 Å². The molecule has 0 unspecified atom stereocenters. The maximum Gasteiger partial charge on any atom is 0.433 e. The maximum absolute atomic E-state index is 12.4. The standard InChI is InChI=1S/C10H8F3N3/c11-10(12,13)9-4-7(15)6-3-5(14)1-2-8(6)16-9/h1-4H,14H2,(H2,15,16). The van der Waals surface area contributed by atoms with Gasteiger partial charge < -0.3 is 11.5 Å². The van der Waals surface area contributed by atoms with Gasteiger partial charge in [0.2, 0.25) is 0 Å². The van der Waals surface area contributed by atoms with Gasteiger partial charge in [0.15, 0.2) is 0 Å². The lowest BCUT2D eigenvalue weighted by Crippen LogP contribution is -2.09. The van der Waals surface area contributed by atoms with Gasteiger partial charge in [-0.05, 0) is 24.3 Å². The van der Waals surface area contributed by atoms with Crippen molar-refractivity contribution >= 4 is 22.3 Å². The Morgan fingerprint density at radius 1 is 1.06 bits per heavy atom. The molecule has 0 bridgehead atoms. The summed E-state index contributed by atoms with van der Waals surface area (Å²) in [7, 11) is 0. The lowest BCUT2D eigenvalue weighted by Gasteiger charge is -2.09. The van der Waals surface area contributed by atoms with Gasteiger partial charge in [0.25, 0.3) is 0 Å². The lowest BCUT2D eigenvalue weighted by molar-refractivity contribution is -0.140. The van der Waals surface area contributed by atoms with Crippen LogP contribution in [0.4, 0.5) is 24.5 Å². The minimum absolute atomic E-state index is 0.0182. The smallest absolute Gasteiger partial charge is 0.399 e. The van der Waals surface area contributed by atoms with Crippen molar-refractivity contribution in [1.82, 2.24) is 4.98 Å². The van der Waals surface area contributed by atoms with Crippen molar-refractivity contribution in [2.45, 2.75) is 6.18 Å². The number of fused-ring (bicyclic) bond motifs is 1. The van der Waals surface area contributed by atoms with E-state index < -0.39 is 11.9 Å². The predicted molar refractivity (Wildman–Crippen MR) is 55.6 cm³/mol. The number of rotatable bonds is 0. The summed E-state index contributed by atoms with van der Waals surface area (Å²) in [6.07, 6.45) is -4.50. The third-order valence-corrected chi connectivity index (χ3v) is 2.16. The van der Waals surface area contributed by atoms with E-state index in [4.69, 9.17) is 11.5 Å². The minimum Gasteiger partial charge on any atom is -0.399 e. The number of anilines is 2. The molecule has 0 amide bonds. The predicted octanol–water partition coefficient (Wildman–Crippen LogP) is 2.42. The van der Waals surface area contributed by atoms with Crippen LogP contribution < -0.4 is 11.5 Å². The first-order chi connectivity index (χ1) is 7.38. The zero-order valence-electron chi connectivity index (χ0n) is 8.05. The topological polar surface area (TPSA) is 64.9 Å². The second kappa shape index (κ2) is 3.26. The average Bonchev–Trinajstić information content (AvgIpc) is 2.17. The van der Waals surface area contributed by atoms with Gasteiger partial charge in [-0.25, -0.2) is 4.98 Å². The Morgan fingerprint density at radius 3 is 2.38 bits per heavy atom. The van der Waals surface area contributed by atoms with Gasteiger partial charge >= 0.3 is 6.18 Å². The van der Waals surface area contributed by atoms with Crippen LogP contribution in [-0.2, 0) is 6.18 Å². The van der Waals surface area contributed by atoms with Gasteiger partial charge in [-0.15, -0.1) is 0 Å². The Bertz CT molecular complexity index is 549. The fourth-order valence-corrected chi connectivity index (χ4v) is 1.41. The number of hydrogen-bond donors (Lipinski definition) is 2. The third kappa shape index (κ3) is 1.73. The van der Waals surface area contributed by atoms with E-state index in [1.54, 1.807) is 0 Å². The van der Waals surface area contributed by atoms with Crippen LogP contribution in [0.2, 0.25) is 0 Å². The fraction of sp³-hybridized carbons (Fsp3) is 0.100. The zero-order chi connectivity index (χ0) is 11.9. The molecule has 2 aromatic rings. The molecule has 0 saturated heterocycles. The van der Waals surface area contributed by atoms with E-state index in [0.29, 0.717) is 11.1 Å². The first kappa shape index (κ1) is 10.5. The lowest BCUT2D eigenvalue weighted by atomic mass is 10.1. The fourth-order valence-electron chi connectivity index (χ4n) is 1.41. The first-order valence-electron chi connectivity index (χ1n) is 4.41. The quantitative estimate of drug-likeness (QED) is 0.679. The van der Waals surface area contributed by atoms with Gasteiger partial charge in [0, 0.05) is 16.8 Å². The number of nitrogens with zero attached hydrogens (tertiary/aromatic N) is 1. The molecule has 0 aliphatic rings. The van der Waals surface area contributed by atoms with Gasteiger partial charge in [0.05, 0.1) is 5.52 Å². The highest BCUT2D eigenvalue weighted by molar-refractivity contribution is 5.92. The molecule has 6 heteroatoms. The van der Waals surface area contributed by atoms with Crippen LogP contribution in [0.1, 0.15) is 5.69 Å². The highest BCUT2D eigenvalue weighted by Gasteiger charge is 2.33. The van der Waals surface area contributed by atoms with Crippen molar-refractivity contribution in [2.75, 3.05) is 11.5 Å². The zero-order valence-corrected chi connectivity index (χ0v) is 8.05. The molecule has 3 nitrogen and oxygen atoms in total. The van der Waals surface area contributed by atoms with Crippen LogP contribution in [-0.4, -0.2) is 4.98 Å². The number of hydrogen-bond acceptors (Lipinski definition) is 3. The summed E-state index contributed by atoms with van der Waals surface area (Å²) in [5, 5.41) is 0.424. The van der Waals surface area contributed by atoms with Gasteiger partial charge in [-0.3, -0.25) is 0 Å². The van der Waals surface area contributed by atoms with E-state index in [0.717, 1.165) is 6.07 Å². The number of halogens is 3. The van der Waals surface area contributed by atoms with Crippen LogP contribution >= 0.6 is 0 Å². The van der Waals surface area contributed by atoms with Crippen LogP contribution in [0.5, 0.6) is 0 Å². The molecule has 4 N–H and O–H groups in total. The van der Waals surface area contributed by atoms with Crippen LogP contribution in [0.15, 0.2) is 24.3 Å². The second-order valence-corrected chi connectivity index (χ2v) is 3.37. The molecule has 84 valence electrons. The average molecular weight is 227 g/mol. The molecule has 1 aromatic carbocycles. The Morgan fingerprint density at radius 2 is 1.75 bits per heavy atom. The summed E-state index contributed by atoms with van der Waals surface area (Å²) >= 11 is 0. The largest absolute Gasteiger partial charge is 0.433 e. The second-order valence-electron chi connectivity index (χ2n) is 3.37. The Hall–Kier alpha value is -1.98. The number of alkyl halides is 3. The highest BCUT2D eigenvalue weighted by atomic mass is 19.4. The number of nitrogen functional groups attached to an aromatic ring is 2. The van der Waals surface area contributed by atoms with E-state index in [1.807, 2.05) is 0 Å². The molecule has 2 rings (SSSR count). The van der Waals surface area contributed by atoms with Gasteiger partial charge in [-0.1, -0.05) is 0 Å². The molecule has 0 aliphatic carbocycles. The number of aromatic nitrogens is 1. The van der Waals surface area contributed by atoms with Crippen molar-refractivity contribution in [3.63, 3.8) is 0 Å². The summed E-state index contributed by atoms with van der Waals surface area (Å²) in [6.45, 7) is 0. The highest BCUT2D eigenvalue weighted by Crippen LogP contribution is 2.32. The van der Waals surface area contributed by atoms with Crippen molar-refractivity contribution in [2.24, 2.45) is 0 Å². The Labute approximate surface area is 88.9 Å². The number of benzene rings is 1. The molecule has 16 heavy (non-hydrogen) atoms. The molecule has 0 aliphatic heterocycles. The van der Waals surface area contributed by atoms with Gasteiger partial charge in [-0.2, -0.15) is 13.2 Å². The number of nitrogens with two attached hydrogens (primary N) is 2. The normalized spacial score (nSPS) is 11.9. The van der Waals surface area contributed by atoms with Crippen molar-refractivity contribution in [1.29, 1.82) is 0 Å². The molecule has 1 aromatic heterocycles. The molecule has 1 heterocycles. The molecule has 0 saturated carbocycles. The monoisotopic (exact) mass is 227 g/mol. The minimum atomic E-state index is -4.50. The number of pyridine rings is 1. The van der Waals surface area contributed by atoms with Crippen LogP contribution in [0.3, 0.4) is 0 Å². The maximum atomic E-state index is 12.4. The molecular formula is C10H8F3N3. The molecule has 0 spiro atoms. The van der Waals surface area contributed by atoms with E-state index in [1.165, 1.54) is 18.2 Å². The SMILES string of the molecule is Nc1ccc2nc(C(F)(F)F)cc(N)c2c1.